The van der Waals surface area contributed by atoms with E-state index in [4.69, 9.17) is 10.5 Å². The molecule has 0 fully saturated rings. The summed E-state index contributed by atoms with van der Waals surface area (Å²) < 4.78 is 145. The molecule has 8 aromatic rings. The van der Waals surface area contributed by atoms with E-state index in [2.05, 4.69) is 50.6 Å². The molecule has 0 aliphatic carbocycles. The minimum Gasteiger partial charge on any atom is -0.322 e. The van der Waals surface area contributed by atoms with Crippen molar-refractivity contribution < 1.29 is 105 Å². The number of carbonyl (C=O) groups excluding carboxylic acids is 5. The average Bonchev–Trinajstić information content (AvgIpc) is 1.34. The molecule has 6 amide bonds. The van der Waals surface area contributed by atoms with E-state index >= 15 is 0 Å². The van der Waals surface area contributed by atoms with Crippen molar-refractivity contribution in [3.63, 3.8) is 0 Å². The molecule has 12 N–H and O–H groups in total. The molecule has 84 heavy (non-hydrogen) atoms. The molecule has 0 unspecified atom stereocenters. The number of anilines is 6. The molecule has 8 rings (SSSR count). The van der Waals surface area contributed by atoms with Crippen LogP contribution in [0.15, 0.2) is 175 Å². The third-order valence-corrected chi connectivity index (χ3v) is 16.3. The number of nitrogens with one attached hydrogen (secondary N) is 6. The molecule has 29 nitrogen and oxygen atoms in total. The van der Waals surface area contributed by atoms with Crippen LogP contribution in [-0.4, -0.2) is 92.1 Å². The molecular weight excluding hydrogens is 1230 g/mol. The molecule has 0 bridgehead atoms. The van der Waals surface area contributed by atoms with Gasteiger partial charge in [-0.25, -0.2) is 15.3 Å². The third kappa shape index (κ3) is 14.8. The molecule has 0 saturated carbocycles. The summed E-state index contributed by atoms with van der Waals surface area (Å²) in [5.41, 5.74) is 0.974. The Labute approximate surface area is 481 Å². The standard InChI is InChI=1S/C49H36N6O23S6/c56-45(50-29-9-1-27(2-10-29)47(58)54-37-18-20-41(83(69,70)71)36-22-33(81(63,64)65)23-40(43(36)37)80-78-76-62)25-5-13-31(14-6-25)52-49(60)53-32-15-7-26(8-16-32)46(57)51-30-11-3-28(4-12-30)48(59)55-38-17-19-39(79-77-75-61)35-21-34(82(66,67)68)24-42(44(35)38)84(72,73)74/h1-24,61-62H,(H,50,56)(H,51,57)(H,54,58)(H,55,59)(H2,52,53,60)(H,63,64,65)(H,66,67,68)(H,69,70,71)(H,72,73,74). The van der Waals surface area contributed by atoms with Gasteiger partial charge in [-0.05, 0) is 146 Å². The molecule has 0 radical (unpaired) electrons. The van der Waals surface area contributed by atoms with Crippen LogP contribution in [0.4, 0.5) is 38.9 Å². The maximum atomic E-state index is 13.4. The predicted molar refractivity (Wildman–Crippen MR) is 299 cm³/mol. The van der Waals surface area contributed by atoms with Crippen LogP contribution in [0.1, 0.15) is 41.4 Å². The zero-order valence-electron chi connectivity index (χ0n) is 41.4. The first-order valence-electron chi connectivity index (χ1n) is 22.8. The Bertz CT molecular complexity index is 4430. The monoisotopic (exact) mass is 1270 g/mol. The van der Waals surface area contributed by atoms with E-state index < -0.39 is 100 Å². The Balaban J connectivity index is 0.841. The van der Waals surface area contributed by atoms with Crippen molar-refractivity contribution in [1.82, 2.24) is 0 Å². The number of urea groups is 1. The third-order valence-electron chi connectivity index (χ3n) is 11.6. The maximum absolute atomic E-state index is 13.4. The van der Waals surface area contributed by atoms with Crippen LogP contribution in [0.5, 0.6) is 0 Å². The number of hydrogen-bond donors (Lipinski definition) is 12. The highest BCUT2D eigenvalue weighted by atomic mass is 32.2. The fourth-order valence-corrected chi connectivity index (χ4v) is 11.6. The van der Waals surface area contributed by atoms with Gasteiger partial charge >= 0.3 is 6.03 Å². The van der Waals surface area contributed by atoms with Crippen LogP contribution in [0, 0.1) is 0 Å². The SMILES string of the molecule is O=C(Nc1ccc(C(=O)Nc2ccc(C(=O)Nc3ccc(S(=O)(=O)O)c4cc(S(=O)(=O)O)cc(SOOO)c34)cc2)cc1)Nc1ccc(C(=O)Nc2ccc(C(=O)Nc3ccc(SOOO)c4cc(S(=O)(=O)O)cc(S(=O)(=O)O)c34)cc2)cc1. The molecule has 436 valence electrons. The van der Waals surface area contributed by atoms with Crippen LogP contribution in [0.2, 0.25) is 0 Å². The molecule has 0 aliphatic heterocycles. The first kappa shape index (κ1) is 61.6. The Morgan fingerprint density at radius 1 is 0.357 bits per heavy atom. The molecule has 8 aromatic carbocycles. The highest BCUT2D eigenvalue weighted by Crippen LogP contribution is 2.41. The fraction of sp³-hybridized carbons (Fsp3) is 0. The van der Waals surface area contributed by atoms with Crippen LogP contribution in [0.3, 0.4) is 0 Å². The number of carbonyl (C=O) groups is 5. The van der Waals surface area contributed by atoms with E-state index in [1.807, 2.05) is 0 Å². The van der Waals surface area contributed by atoms with E-state index in [1.165, 1.54) is 109 Å². The van der Waals surface area contributed by atoms with Gasteiger partial charge in [0.15, 0.2) is 0 Å². The summed E-state index contributed by atoms with van der Waals surface area (Å²) in [6.07, 6.45) is 0. The van der Waals surface area contributed by atoms with Gasteiger partial charge in [-0.2, -0.15) is 33.7 Å². The minimum atomic E-state index is -5.22. The molecule has 35 heteroatoms. The van der Waals surface area contributed by atoms with E-state index in [-0.39, 0.29) is 89.0 Å². The van der Waals surface area contributed by atoms with Crippen molar-refractivity contribution in [2.24, 2.45) is 0 Å². The quantitative estimate of drug-likeness (QED) is 0.0147. The van der Waals surface area contributed by atoms with E-state index in [1.54, 1.807) is 0 Å². The summed E-state index contributed by atoms with van der Waals surface area (Å²) in [7, 11) is -20.3. The van der Waals surface area contributed by atoms with E-state index in [0.29, 0.717) is 18.1 Å². The highest BCUT2D eigenvalue weighted by molar-refractivity contribution is 7.95. The van der Waals surface area contributed by atoms with Gasteiger partial charge in [-0.1, -0.05) is 10.1 Å². The lowest BCUT2D eigenvalue weighted by atomic mass is 10.1. The summed E-state index contributed by atoms with van der Waals surface area (Å²) in [6, 6.07) is 28.7. The largest absolute Gasteiger partial charge is 0.323 e. The van der Waals surface area contributed by atoms with Crippen LogP contribution in [-0.2, 0) is 59.2 Å². The molecule has 0 saturated heterocycles. The second-order valence-corrected chi connectivity index (χ2v) is 24.1. The number of amides is 6. The van der Waals surface area contributed by atoms with Gasteiger partial charge in [0.1, 0.15) is 9.79 Å². The average molecular weight is 1270 g/mol. The van der Waals surface area contributed by atoms with Crippen molar-refractivity contribution in [3.05, 3.63) is 168 Å². The summed E-state index contributed by atoms with van der Waals surface area (Å²) in [4.78, 5) is 61.9. The van der Waals surface area contributed by atoms with Crippen molar-refractivity contribution in [2.75, 3.05) is 31.9 Å². The first-order valence-corrected chi connectivity index (χ1v) is 30.0. The summed E-state index contributed by atoms with van der Waals surface area (Å²) >= 11 is 0.461. The molecule has 0 aliphatic rings. The molecule has 0 heterocycles. The molecule has 0 spiro atoms. The van der Waals surface area contributed by atoms with Gasteiger partial charge in [0, 0.05) is 76.3 Å². The Morgan fingerprint density at radius 2 is 0.714 bits per heavy atom. The van der Waals surface area contributed by atoms with Crippen molar-refractivity contribution in [2.45, 2.75) is 29.4 Å². The Hall–Kier alpha value is -8.47. The van der Waals surface area contributed by atoms with Gasteiger partial charge in [-0.3, -0.25) is 37.4 Å². The maximum Gasteiger partial charge on any atom is 0.323 e. The van der Waals surface area contributed by atoms with Gasteiger partial charge < -0.3 is 31.9 Å². The summed E-state index contributed by atoms with van der Waals surface area (Å²) in [5, 5.41) is 38.6. The second kappa shape index (κ2) is 25.2. The van der Waals surface area contributed by atoms with Gasteiger partial charge in [0.25, 0.3) is 64.1 Å². The Kier molecular flexibility index (Phi) is 18.5. The predicted octanol–water partition coefficient (Wildman–Crippen LogP) is 8.49. The number of benzene rings is 8. The number of rotatable bonds is 20. The van der Waals surface area contributed by atoms with Crippen LogP contribution in [0.25, 0.3) is 21.5 Å². The van der Waals surface area contributed by atoms with Gasteiger partial charge in [0.05, 0.1) is 45.3 Å². The lowest BCUT2D eigenvalue weighted by Crippen LogP contribution is -2.20. The number of fused-ring (bicyclic) bond motifs is 2. The molecule has 0 aromatic heterocycles. The lowest BCUT2D eigenvalue weighted by molar-refractivity contribution is -0.432. The molecule has 0 atom stereocenters. The zero-order valence-corrected chi connectivity index (χ0v) is 46.3. The van der Waals surface area contributed by atoms with Crippen molar-refractivity contribution in [1.29, 1.82) is 0 Å². The smallest absolute Gasteiger partial charge is 0.322 e. The number of hydrogen-bond acceptors (Lipinski definition) is 21. The normalized spacial score (nSPS) is 11.9. The molecular formula is C49H36N6O23S6. The Morgan fingerprint density at radius 3 is 1.12 bits per heavy atom. The van der Waals surface area contributed by atoms with E-state index in [9.17, 15) is 75.9 Å². The lowest BCUT2D eigenvalue weighted by Gasteiger charge is -2.15. The first-order chi connectivity index (χ1) is 39.6. The van der Waals surface area contributed by atoms with Crippen LogP contribution < -0.4 is 31.9 Å². The topological polar surface area (TPSA) is 452 Å². The minimum absolute atomic E-state index is 0.0129. The van der Waals surface area contributed by atoms with Gasteiger partial charge in [0.2, 0.25) is 0 Å². The van der Waals surface area contributed by atoms with Crippen molar-refractivity contribution >= 4 is 150 Å². The zero-order chi connectivity index (χ0) is 60.9. The van der Waals surface area contributed by atoms with Crippen molar-refractivity contribution in [3.8, 4) is 0 Å². The van der Waals surface area contributed by atoms with Crippen LogP contribution >= 0.6 is 24.1 Å². The van der Waals surface area contributed by atoms with E-state index in [0.717, 1.165) is 30.3 Å². The summed E-state index contributed by atoms with van der Waals surface area (Å²) in [6.45, 7) is 0. The summed E-state index contributed by atoms with van der Waals surface area (Å²) in [5.74, 6) is -2.78. The van der Waals surface area contributed by atoms with Gasteiger partial charge in [-0.15, -0.1) is 8.67 Å². The highest BCUT2D eigenvalue weighted by Gasteiger charge is 2.27. The fourth-order valence-electron chi connectivity index (χ4n) is 7.87. The second-order valence-electron chi connectivity index (χ2n) is 17.0.